The maximum atomic E-state index is 4.64. The third kappa shape index (κ3) is 6.39. The summed E-state index contributed by atoms with van der Waals surface area (Å²) in [6, 6.07) is 6.69. The van der Waals surface area contributed by atoms with Crippen molar-refractivity contribution in [3.05, 3.63) is 35.5 Å². The van der Waals surface area contributed by atoms with Gasteiger partial charge >= 0.3 is 0 Å². The third-order valence-electron chi connectivity index (χ3n) is 4.51. The van der Waals surface area contributed by atoms with Crippen LogP contribution in [0.1, 0.15) is 25.0 Å². The van der Waals surface area contributed by atoms with Crippen LogP contribution in [0.3, 0.4) is 0 Å². The highest BCUT2D eigenvalue weighted by Crippen LogP contribution is 2.20. The van der Waals surface area contributed by atoms with E-state index in [4.69, 9.17) is 0 Å². The highest BCUT2D eigenvalue weighted by molar-refractivity contribution is 8.00. The van der Waals surface area contributed by atoms with E-state index < -0.39 is 0 Å². The predicted octanol–water partition coefficient (Wildman–Crippen LogP) is 3.16. The lowest BCUT2D eigenvalue weighted by Crippen LogP contribution is -2.49. The van der Waals surface area contributed by atoms with Crippen molar-refractivity contribution in [1.29, 1.82) is 0 Å². The van der Waals surface area contributed by atoms with Gasteiger partial charge in [0.05, 0.1) is 0 Å². The van der Waals surface area contributed by atoms with Gasteiger partial charge in [0, 0.05) is 55.7 Å². The van der Waals surface area contributed by atoms with E-state index in [-0.39, 0.29) is 0 Å². The Hall–Kier alpha value is -1.80. The van der Waals surface area contributed by atoms with Gasteiger partial charge in [0.2, 0.25) is 0 Å². The number of thioether (sulfide) groups is 1. The average Bonchev–Trinajstić information content (AvgIpc) is 3.21. The van der Waals surface area contributed by atoms with E-state index in [9.17, 15) is 0 Å². The molecule has 0 saturated carbocycles. The van der Waals surface area contributed by atoms with E-state index in [1.165, 1.54) is 0 Å². The Labute approximate surface area is 169 Å². The maximum Gasteiger partial charge on any atom is 0.191 e. The van der Waals surface area contributed by atoms with Gasteiger partial charge in [-0.25, -0.2) is 9.97 Å². The molecule has 0 radical (unpaired) electrons. The van der Waals surface area contributed by atoms with Gasteiger partial charge in [-0.05, 0) is 38.3 Å². The van der Waals surface area contributed by atoms with Crippen molar-refractivity contribution in [2.75, 3.05) is 37.3 Å². The molecule has 8 heteroatoms. The Balaban J connectivity index is 1.34. The van der Waals surface area contributed by atoms with Crippen LogP contribution in [-0.2, 0) is 0 Å². The monoisotopic (exact) mass is 404 g/mol. The van der Waals surface area contributed by atoms with Gasteiger partial charge in [-0.15, -0.1) is 11.3 Å². The summed E-state index contributed by atoms with van der Waals surface area (Å²) >= 11 is 3.52. The first kappa shape index (κ1) is 19.9. The summed E-state index contributed by atoms with van der Waals surface area (Å²) in [4.78, 5) is 15.7. The number of hydrogen-bond donors (Lipinski definition) is 2. The number of aromatic nitrogens is 2. The van der Waals surface area contributed by atoms with Crippen LogP contribution in [0, 0.1) is 6.92 Å². The molecule has 0 aromatic carbocycles. The number of anilines is 1. The van der Waals surface area contributed by atoms with Gasteiger partial charge in [0.25, 0.3) is 0 Å². The maximum absolute atomic E-state index is 4.64. The van der Waals surface area contributed by atoms with Crippen LogP contribution in [-0.4, -0.2) is 54.4 Å². The molecule has 3 rings (SSSR count). The first-order chi connectivity index (χ1) is 13.2. The fraction of sp³-hybridized carbons (Fsp3) is 0.526. The summed E-state index contributed by atoms with van der Waals surface area (Å²) in [5, 5.41) is 9.02. The molecule has 0 aliphatic carbocycles. The lowest BCUT2D eigenvalue weighted by molar-refractivity contribution is 0.459. The predicted molar refractivity (Wildman–Crippen MR) is 116 cm³/mol. The van der Waals surface area contributed by atoms with Crippen molar-refractivity contribution in [3.63, 3.8) is 0 Å². The highest BCUT2D eigenvalue weighted by Gasteiger charge is 2.20. The highest BCUT2D eigenvalue weighted by atomic mass is 32.2. The molecule has 1 aliphatic rings. The second-order valence-electron chi connectivity index (χ2n) is 6.54. The van der Waals surface area contributed by atoms with E-state index in [0.29, 0.717) is 6.04 Å². The molecule has 0 unspecified atom stereocenters. The Morgan fingerprint density at radius 1 is 1.37 bits per heavy atom. The minimum absolute atomic E-state index is 0.460. The third-order valence-corrected chi connectivity index (χ3v) is 6.56. The number of piperidine rings is 1. The molecule has 1 fully saturated rings. The molecule has 0 amide bonds. The zero-order chi connectivity index (χ0) is 18.9. The summed E-state index contributed by atoms with van der Waals surface area (Å²) in [7, 11) is 1.84. The van der Waals surface area contributed by atoms with E-state index in [1.54, 1.807) is 11.3 Å². The molecule has 27 heavy (non-hydrogen) atoms. The van der Waals surface area contributed by atoms with E-state index >= 15 is 0 Å². The van der Waals surface area contributed by atoms with Crippen LogP contribution in [0.5, 0.6) is 0 Å². The molecule has 0 spiro atoms. The Morgan fingerprint density at radius 3 is 2.93 bits per heavy atom. The first-order valence-electron chi connectivity index (χ1n) is 9.42. The molecular formula is C19H28N6S2. The fourth-order valence-corrected chi connectivity index (χ4v) is 4.71. The molecule has 146 valence electrons. The lowest BCUT2D eigenvalue weighted by Gasteiger charge is -2.34. The summed E-state index contributed by atoms with van der Waals surface area (Å²) < 4.78 is 1.15. The minimum atomic E-state index is 0.460. The molecule has 2 aromatic rings. The summed E-state index contributed by atoms with van der Waals surface area (Å²) in [6.07, 6.45) is 5.13. The van der Waals surface area contributed by atoms with Crippen molar-refractivity contribution < 1.29 is 0 Å². The lowest BCUT2D eigenvalue weighted by atomic mass is 10.1. The standard InChI is InChI=1S/C19H28N6S2/c1-15-5-3-6-17(23-15)25-11-7-16(8-12-25)24-18(20-2)21-9-4-13-26-19-22-10-14-27-19/h3,5-6,10,14,16H,4,7-9,11-13H2,1-2H3,(H2,20,21,24). The Kier molecular flexibility index (Phi) is 7.77. The molecule has 1 aliphatic heterocycles. The number of pyridine rings is 1. The van der Waals surface area contributed by atoms with Gasteiger partial charge in [0.15, 0.2) is 5.96 Å². The number of nitrogens with one attached hydrogen (secondary N) is 2. The van der Waals surface area contributed by atoms with Crippen LogP contribution < -0.4 is 15.5 Å². The zero-order valence-corrected chi connectivity index (χ0v) is 17.7. The Bertz CT molecular complexity index is 711. The van der Waals surface area contributed by atoms with E-state index in [1.807, 2.05) is 43.4 Å². The second-order valence-corrected chi connectivity index (χ2v) is 8.78. The van der Waals surface area contributed by atoms with Crippen LogP contribution in [0.4, 0.5) is 5.82 Å². The van der Waals surface area contributed by atoms with Crippen LogP contribution in [0.25, 0.3) is 0 Å². The van der Waals surface area contributed by atoms with Crippen molar-refractivity contribution in [2.24, 2.45) is 4.99 Å². The van der Waals surface area contributed by atoms with E-state index in [2.05, 4.69) is 42.6 Å². The van der Waals surface area contributed by atoms with E-state index in [0.717, 1.165) is 66.5 Å². The van der Waals surface area contributed by atoms with Crippen LogP contribution in [0.15, 0.2) is 39.1 Å². The SMILES string of the molecule is CN=C(NCCCSc1nccs1)NC1CCN(c2cccc(C)n2)CC1. The number of hydrogen-bond acceptors (Lipinski definition) is 6. The van der Waals surface area contributed by atoms with Gasteiger partial charge < -0.3 is 15.5 Å². The molecule has 1 saturated heterocycles. The second kappa shape index (κ2) is 10.5. The molecular weight excluding hydrogens is 376 g/mol. The molecule has 6 nitrogen and oxygen atoms in total. The van der Waals surface area contributed by atoms with Crippen molar-refractivity contribution in [2.45, 2.75) is 36.6 Å². The smallest absolute Gasteiger partial charge is 0.191 e. The van der Waals surface area contributed by atoms with Gasteiger partial charge in [0.1, 0.15) is 10.2 Å². The average molecular weight is 405 g/mol. The normalized spacial score (nSPS) is 15.8. The Morgan fingerprint density at radius 2 is 2.22 bits per heavy atom. The molecule has 0 bridgehead atoms. The summed E-state index contributed by atoms with van der Waals surface area (Å²) in [5.74, 6) is 3.06. The number of nitrogens with zero attached hydrogens (tertiary/aromatic N) is 4. The molecule has 0 atom stereocenters. The van der Waals surface area contributed by atoms with Crippen molar-refractivity contribution in [3.8, 4) is 0 Å². The topological polar surface area (TPSA) is 65.4 Å². The minimum Gasteiger partial charge on any atom is -0.356 e. The number of aryl methyl sites for hydroxylation is 1. The van der Waals surface area contributed by atoms with Gasteiger partial charge in [-0.2, -0.15) is 0 Å². The summed E-state index contributed by atoms with van der Waals surface area (Å²) in [5.41, 5.74) is 1.07. The largest absolute Gasteiger partial charge is 0.356 e. The number of thiazole rings is 1. The van der Waals surface area contributed by atoms with Crippen molar-refractivity contribution >= 4 is 34.9 Å². The number of rotatable bonds is 7. The van der Waals surface area contributed by atoms with Crippen LogP contribution in [0.2, 0.25) is 0 Å². The molecule has 3 heterocycles. The van der Waals surface area contributed by atoms with Crippen LogP contribution >= 0.6 is 23.1 Å². The first-order valence-corrected chi connectivity index (χ1v) is 11.3. The number of aliphatic imine (C=N–C) groups is 1. The number of guanidine groups is 1. The summed E-state index contributed by atoms with van der Waals surface area (Å²) in [6.45, 7) is 5.01. The molecule has 2 N–H and O–H groups in total. The quantitative estimate of drug-likeness (QED) is 0.320. The zero-order valence-electron chi connectivity index (χ0n) is 16.0. The molecule has 2 aromatic heterocycles. The van der Waals surface area contributed by atoms with Gasteiger partial charge in [-0.1, -0.05) is 17.8 Å². The fourth-order valence-electron chi connectivity index (χ4n) is 3.07. The van der Waals surface area contributed by atoms with Gasteiger partial charge in [-0.3, -0.25) is 4.99 Å². The van der Waals surface area contributed by atoms with Crippen molar-refractivity contribution in [1.82, 2.24) is 20.6 Å².